The Labute approximate surface area is 174 Å². The molecule has 1 N–H and O–H groups in total. The number of methoxy groups -OCH3 is 1. The van der Waals surface area contributed by atoms with E-state index < -0.39 is 35.7 Å². The number of amides is 4. The van der Waals surface area contributed by atoms with Crippen molar-refractivity contribution in [3.63, 3.8) is 0 Å². The summed E-state index contributed by atoms with van der Waals surface area (Å²) in [5.41, 5.74) is 0.868. The zero-order valence-corrected chi connectivity index (χ0v) is 17.4. The summed E-state index contributed by atoms with van der Waals surface area (Å²) in [5, 5.41) is 2.70. The Hall–Kier alpha value is -3.42. The Morgan fingerprint density at radius 3 is 2.57 bits per heavy atom. The number of halogens is 1. The first-order chi connectivity index (χ1) is 14.2. The molecule has 0 aromatic heterocycles. The van der Waals surface area contributed by atoms with Gasteiger partial charge in [0.1, 0.15) is 12.1 Å². The number of carbonyl (C=O) groups is 3. The van der Waals surface area contributed by atoms with E-state index in [1.165, 1.54) is 31.2 Å². The molecule has 4 amide bonds. The lowest BCUT2D eigenvalue weighted by Gasteiger charge is -2.24. The van der Waals surface area contributed by atoms with Gasteiger partial charge in [0.05, 0.1) is 7.11 Å². The fraction of sp³-hybridized carbons (Fsp3) is 0.318. The van der Waals surface area contributed by atoms with Crippen LogP contribution in [0, 0.1) is 12.7 Å². The predicted molar refractivity (Wildman–Crippen MR) is 108 cm³/mol. The number of hydrogen-bond donors (Lipinski definition) is 1. The molecule has 0 radical (unpaired) electrons. The summed E-state index contributed by atoms with van der Waals surface area (Å²) in [6, 6.07) is 11.1. The van der Waals surface area contributed by atoms with Gasteiger partial charge in [-0.1, -0.05) is 30.3 Å². The number of ether oxygens (including phenoxy) is 1. The van der Waals surface area contributed by atoms with Crippen LogP contribution in [-0.4, -0.2) is 48.3 Å². The second-order valence-corrected chi connectivity index (χ2v) is 7.48. The molecule has 0 bridgehead atoms. The van der Waals surface area contributed by atoms with Crippen molar-refractivity contribution >= 4 is 17.8 Å². The Morgan fingerprint density at radius 1 is 1.23 bits per heavy atom. The number of hydrogen-bond acceptors (Lipinski definition) is 4. The van der Waals surface area contributed by atoms with Crippen LogP contribution < -0.4 is 10.1 Å². The molecule has 1 atom stereocenters. The molecule has 1 saturated heterocycles. The van der Waals surface area contributed by atoms with Gasteiger partial charge in [0.2, 0.25) is 5.91 Å². The van der Waals surface area contributed by atoms with Gasteiger partial charge < -0.3 is 15.0 Å². The molecule has 3 rings (SSSR count). The van der Waals surface area contributed by atoms with E-state index in [1.54, 1.807) is 25.1 Å². The molecule has 1 heterocycles. The minimum Gasteiger partial charge on any atom is -0.494 e. The van der Waals surface area contributed by atoms with Crippen molar-refractivity contribution in [2.24, 2.45) is 0 Å². The summed E-state index contributed by atoms with van der Waals surface area (Å²) in [6.45, 7) is 3.21. The van der Waals surface area contributed by atoms with Crippen molar-refractivity contribution in [1.29, 1.82) is 0 Å². The van der Waals surface area contributed by atoms with Gasteiger partial charge in [-0.2, -0.15) is 0 Å². The number of benzene rings is 2. The van der Waals surface area contributed by atoms with E-state index in [4.69, 9.17) is 4.74 Å². The van der Waals surface area contributed by atoms with E-state index in [0.717, 1.165) is 10.5 Å². The molecular weight excluding hydrogens is 389 g/mol. The van der Waals surface area contributed by atoms with Crippen LogP contribution in [0.15, 0.2) is 42.5 Å². The van der Waals surface area contributed by atoms with Crippen LogP contribution in [0.5, 0.6) is 5.75 Å². The van der Waals surface area contributed by atoms with Gasteiger partial charge in [0.25, 0.3) is 5.91 Å². The first kappa shape index (κ1) is 21.3. The van der Waals surface area contributed by atoms with E-state index in [-0.39, 0.29) is 12.3 Å². The fourth-order valence-electron chi connectivity index (χ4n) is 3.58. The number of aryl methyl sites for hydroxylation is 1. The highest BCUT2D eigenvalue weighted by Crippen LogP contribution is 2.31. The standard InChI is InChI=1S/C22H24FN3O4/c1-14-7-5-6-8-16(14)22(2)20(28)26(21(29)24-22)13-19(27)25(3)12-15-9-10-18(30-4)17(23)11-15/h5-11H,12-13H2,1-4H3,(H,24,29). The van der Waals surface area contributed by atoms with Crippen molar-refractivity contribution in [2.75, 3.05) is 20.7 Å². The molecule has 7 nitrogen and oxygen atoms in total. The molecule has 0 aliphatic carbocycles. The van der Waals surface area contributed by atoms with Crippen molar-refractivity contribution in [3.05, 3.63) is 65.0 Å². The third-order valence-electron chi connectivity index (χ3n) is 5.31. The van der Waals surface area contributed by atoms with Crippen LogP contribution in [0.1, 0.15) is 23.6 Å². The maximum absolute atomic E-state index is 13.9. The molecule has 1 aliphatic rings. The van der Waals surface area contributed by atoms with Crippen LogP contribution in [0.4, 0.5) is 9.18 Å². The molecule has 1 unspecified atom stereocenters. The highest BCUT2D eigenvalue weighted by atomic mass is 19.1. The van der Waals surface area contributed by atoms with Crippen molar-refractivity contribution < 1.29 is 23.5 Å². The maximum atomic E-state index is 13.9. The first-order valence-corrected chi connectivity index (χ1v) is 9.44. The van der Waals surface area contributed by atoms with Crippen LogP contribution in [-0.2, 0) is 21.7 Å². The van der Waals surface area contributed by atoms with Gasteiger partial charge in [-0.3, -0.25) is 14.5 Å². The summed E-state index contributed by atoms with van der Waals surface area (Å²) in [5.74, 6) is -1.34. The number of likely N-dealkylation sites (N-methyl/N-ethyl adjacent to an activating group) is 1. The molecule has 30 heavy (non-hydrogen) atoms. The van der Waals surface area contributed by atoms with E-state index in [1.807, 2.05) is 19.1 Å². The van der Waals surface area contributed by atoms with Crippen LogP contribution in [0.3, 0.4) is 0 Å². The Balaban J connectivity index is 1.72. The molecule has 2 aromatic rings. The zero-order chi connectivity index (χ0) is 22.1. The van der Waals surface area contributed by atoms with Gasteiger partial charge in [0.15, 0.2) is 11.6 Å². The van der Waals surface area contributed by atoms with E-state index >= 15 is 0 Å². The lowest BCUT2D eigenvalue weighted by atomic mass is 9.88. The molecule has 1 aliphatic heterocycles. The highest BCUT2D eigenvalue weighted by molar-refractivity contribution is 6.09. The maximum Gasteiger partial charge on any atom is 0.325 e. The largest absolute Gasteiger partial charge is 0.494 e. The molecule has 8 heteroatoms. The van der Waals surface area contributed by atoms with Gasteiger partial charge in [-0.15, -0.1) is 0 Å². The van der Waals surface area contributed by atoms with Crippen LogP contribution in [0.2, 0.25) is 0 Å². The average Bonchev–Trinajstić information content (AvgIpc) is 2.92. The van der Waals surface area contributed by atoms with E-state index in [9.17, 15) is 18.8 Å². The fourth-order valence-corrected chi connectivity index (χ4v) is 3.58. The van der Waals surface area contributed by atoms with Gasteiger partial charge in [-0.25, -0.2) is 9.18 Å². The average molecular weight is 413 g/mol. The summed E-state index contributed by atoms with van der Waals surface area (Å²) >= 11 is 0. The number of nitrogens with zero attached hydrogens (tertiary/aromatic N) is 2. The van der Waals surface area contributed by atoms with Crippen LogP contribution >= 0.6 is 0 Å². The Kier molecular flexibility index (Phi) is 5.78. The first-order valence-electron chi connectivity index (χ1n) is 9.44. The predicted octanol–water partition coefficient (Wildman–Crippen LogP) is 2.57. The minimum absolute atomic E-state index is 0.113. The smallest absolute Gasteiger partial charge is 0.325 e. The zero-order valence-electron chi connectivity index (χ0n) is 17.4. The van der Waals surface area contributed by atoms with Crippen molar-refractivity contribution in [1.82, 2.24) is 15.1 Å². The topological polar surface area (TPSA) is 79.0 Å². The second-order valence-electron chi connectivity index (χ2n) is 7.48. The number of nitrogens with one attached hydrogen (secondary N) is 1. The number of imide groups is 1. The summed E-state index contributed by atoms with van der Waals surface area (Å²) in [4.78, 5) is 40.4. The highest BCUT2D eigenvalue weighted by Gasteiger charge is 2.50. The minimum atomic E-state index is -1.24. The lowest BCUT2D eigenvalue weighted by molar-refractivity contribution is -0.138. The molecule has 2 aromatic carbocycles. The molecule has 0 saturated carbocycles. The van der Waals surface area contributed by atoms with Crippen LogP contribution in [0.25, 0.3) is 0 Å². The number of urea groups is 1. The SMILES string of the molecule is COc1ccc(CN(C)C(=O)CN2C(=O)NC(C)(c3ccccc3C)C2=O)cc1F. The van der Waals surface area contributed by atoms with Crippen molar-refractivity contribution in [2.45, 2.75) is 25.9 Å². The van der Waals surface area contributed by atoms with Gasteiger partial charge >= 0.3 is 6.03 Å². The van der Waals surface area contributed by atoms with Gasteiger partial charge in [0, 0.05) is 13.6 Å². The van der Waals surface area contributed by atoms with Crippen molar-refractivity contribution in [3.8, 4) is 5.75 Å². The quantitative estimate of drug-likeness (QED) is 0.739. The second kappa shape index (κ2) is 8.14. The Morgan fingerprint density at radius 2 is 1.93 bits per heavy atom. The molecule has 0 spiro atoms. The summed E-state index contributed by atoms with van der Waals surface area (Å²) < 4.78 is 18.8. The third-order valence-corrected chi connectivity index (χ3v) is 5.31. The number of carbonyl (C=O) groups excluding carboxylic acids is 3. The normalized spacial score (nSPS) is 18.4. The van der Waals surface area contributed by atoms with E-state index in [2.05, 4.69) is 5.32 Å². The summed E-state index contributed by atoms with van der Waals surface area (Å²) in [6.07, 6.45) is 0. The monoisotopic (exact) mass is 413 g/mol. The Bertz CT molecular complexity index is 1010. The lowest BCUT2D eigenvalue weighted by Crippen LogP contribution is -2.43. The van der Waals surface area contributed by atoms with E-state index in [0.29, 0.717) is 11.1 Å². The molecular formula is C22H24FN3O4. The number of rotatable bonds is 6. The van der Waals surface area contributed by atoms with Gasteiger partial charge in [-0.05, 0) is 42.7 Å². The summed E-state index contributed by atoms with van der Waals surface area (Å²) in [7, 11) is 2.90. The third kappa shape index (κ3) is 3.85. The molecule has 1 fully saturated rings. The molecule has 158 valence electrons.